The molecular formula is C21H27F2NO3. The summed E-state index contributed by atoms with van der Waals surface area (Å²) in [6, 6.07) is 1.96. The Morgan fingerprint density at radius 1 is 1.19 bits per heavy atom. The first kappa shape index (κ1) is 22.5. The van der Waals surface area contributed by atoms with E-state index in [0.29, 0.717) is 5.92 Å². The lowest BCUT2D eigenvalue weighted by Crippen LogP contribution is -2.42. The molecular weight excluding hydrogens is 352 g/mol. The van der Waals surface area contributed by atoms with Crippen molar-refractivity contribution in [3.8, 4) is 0 Å². The summed E-state index contributed by atoms with van der Waals surface area (Å²) in [7, 11) is 0. The fourth-order valence-electron chi connectivity index (χ4n) is 2.28. The number of hydrogen-bond acceptors (Lipinski definition) is 3. The molecule has 0 aromatic heterocycles. The van der Waals surface area contributed by atoms with Crippen LogP contribution in [0.4, 0.5) is 8.78 Å². The lowest BCUT2D eigenvalue weighted by Gasteiger charge is -2.17. The Balaban J connectivity index is 2.83. The smallest absolute Gasteiger partial charge is 0.329 e. The predicted molar refractivity (Wildman–Crippen MR) is 101 cm³/mol. The minimum atomic E-state index is -1.04. The van der Waals surface area contributed by atoms with Crippen molar-refractivity contribution in [3.63, 3.8) is 0 Å². The van der Waals surface area contributed by atoms with E-state index >= 15 is 0 Å². The molecule has 0 fully saturated rings. The Hall–Kier alpha value is -2.50. The van der Waals surface area contributed by atoms with Crippen LogP contribution >= 0.6 is 0 Å². The molecule has 4 nitrogen and oxygen atoms in total. The maximum absolute atomic E-state index is 13.4. The topological polar surface area (TPSA) is 55.4 Å². The van der Waals surface area contributed by atoms with Crippen molar-refractivity contribution in [1.29, 1.82) is 0 Å². The number of hydrogen-bond donors (Lipinski definition) is 1. The average molecular weight is 379 g/mol. The highest BCUT2D eigenvalue weighted by Gasteiger charge is 2.22. The molecule has 148 valence electrons. The van der Waals surface area contributed by atoms with Crippen LogP contribution in [-0.4, -0.2) is 24.5 Å². The number of nitrogens with one attached hydrogen (secondary N) is 1. The third-order valence-electron chi connectivity index (χ3n) is 4.03. The molecule has 0 spiro atoms. The van der Waals surface area contributed by atoms with Crippen LogP contribution in [0.2, 0.25) is 0 Å². The molecule has 2 atom stereocenters. The van der Waals surface area contributed by atoms with Crippen molar-refractivity contribution in [3.05, 3.63) is 59.7 Å². The molecule has 6 heteroatoms. The molecule has 1 amide bonds. The largest absolute Gasteiger partial charge is 0.460 e. The first-order valence-corrected chi connectivity index (χ1v) is 9.05. The predicted octanol–water partition coefficient (Wildman–Crippen LogP) is 4.10. The molecule has 1 aromatic carbocycles. The Kier molecular flexibility index (Phi) is 10.0. The van der Waals surface area contributed by atoms with E-state index in [9.17, 15) is 18.4 Å². The van der Waals surface area contributed by atoms with Gasteiger partial charge in [0, 0.05) is 12.5 Å². The van der Waals surface area contributed by atoms with Gasteiger partial charge in [-0.25, -0.2) is 13.6 Å². The number of ether oxygens (including phenoxy) is 1. The average Bonchev–Trinajstić information content (AvgIpc) is 2.60. The van der Waals surface area contributed by atoms with E-state index in [1.807, 2.05) is 0 Å². The first-order valence-electron chi connectivity index (χ1n) is 9.05. The van der Waals surface area contributed by atoms with Crippen molar-refractivity contribution in [2.45, 2.75) is 46.1 Å². The molecule has 0 saturated heterocycles. The van der Waals surface area contributed by atoms with E-state index in [0.717, 1.165) is 31.0 Å². The van der Waals surface area contributed by atoms with Crippen LogP contribution < -0.4 is 5.32 Å². The lowest BCUT2D eigenvalue weighted by molar-refractivity contribution is -0.146. The number of amides is 1. The van der Waals surface area contributed by atoms with Gasteiger partial charge in [0.25, 0.3) is 0 Å². The summed E-state index contributed by atoms with van der Waals surface area (Å²) in [5, 5.41) is 2.55. The van der Waals surface area contributed by atoms with E-state index in [2.05, 4.69) is 19.2 Å². The SMILES string of the molecule is C/C=C/COC(=O)C(Cc1cc(F)cc(F)c1)NC(=O)/C=C/CC(C)CC. The van der Waals surface area contributed by atoms with Crippen LogP contribution in [0.15, 0.2) is 42.5 Å². The van der Waals surface area contributed by atoms with Gasteiger partial charge in [0.1, 0.15) is 24.3 Å². The zero-order valence-electron chi connectivity index (χ0n) is 16.0. The molecule has 0 radical (unpaired) electrons. The lowest BCUT2D eigenvalue weighted by atomic mass is 10.0. The molecule has 0 aliphatic carbocycles. The van der Waals surface area contributed by atoms with Crippen LogP contribution in [0.1, 0.15) is 39.2 Å². The summed E-state index contributed by atoms with van der Waals surface area (Å²) in [6.45, 7) is 5.98. The van der Waals surface area contributed by atoms with Gasteiger partial charge < -0.3 is 10.1 Å². The van der Waals surface area contributed by atoms with Crippen molar-refractivity contribution < 1.29 is 23.1 Å². The molecule has 0 heterocycles. The maximum atomic E-state index is 13.4. The third kappa shape index (κ3) is 9.13. The van der Waals surface area contributed by atoms with E-state index in [-0.39, 0.29) is 18.6 Å². The van der Waals surface area contributed by atoms with E-state index in [1.165, 1.54) is 6.08 Å². The molecule has 1 aromatic rings. The molecule has 0 aliphatic heterocycles. The second-order valence-corrected chi connectivity index (χ2v) is 6.39. The third-order valence-corrected chi connectivity index (χ3v) is 4.03. The van der Waals surface area contributed by atoms with Crippen LogP contribution in [0.5, 0.6) is 0 Å². The molecule has 2 unspecified atom stereocenters. The summed E-state index contributed by atoms with van der Waals surface area (Å²) in [5.41, 5.74) is 0.254. The van der Waals surface area contributed by atoms with Crippen LogP contribution in [0.25, 0.3) is 0 Å². The molecule has 1 N–H and O–H groups in total. The molecule has 27 heavy (non-hydrogen) atoms. The second kappa shape index (κ2) is 12.0. The Labute approximate surface area is 159 Å². The summed E-state index contributed by atoms with van der Waals surface area (Å²) in [4.78, 5) is 24.4. The molecule has 0 bridgehead atoms. The number of rotatable bonds is 10. The van der Waals surface area contributed by atoms with Crippen LogP contribution in [0, 0.1) is 17.6 Å². The zero-order chi connectivity index (χ0) is 20.2. The molecule has 1 rings (SSSR count). The van der Waals surface area contributed by atoms with Gasteiger partial charge in [-0.05, 0) is 43.0 Å². The van der Waals surface area contributed by atoms with Crippen molar-refractivity contribution in [2.75, 3.05) is 6.61 Å². The number of benzene rings is 1. The fourth-order valence-corrected chi connectivity index (χ4v) is 2.28. The number of carbonyl (C=O) groups is 2. The van der Waals surface area contributed by atoms with Crippen molar-refractivity contribution in [2.24, 2.45) is 5.92 Å². The highest BCUT2D eigenvalue weighted by molar-refractivity contribution is 5.91. The molecule has 0 saturated carbocycles. The van der Waals surface area contributed by atoms with Crippen LogP contribution in [0.3, 0.4) is 0 Å². The standard InChI is InChI=1S/C21H27F2NO3/c1-4-6-10-27-21(26)19(13-16-11-17(22)14-18(23)12-16)24-20(25)9-7-8-15(3)5-2/h4,6-7,9,11-12,14-15,19H,5,8,10,13H2,1-3H3,(H,24,25)/b6-4+,9-7+. The number of halogens is 2. The summed E-state index contributed by atoms with van der Waals surface area (Å²) < 4.78 is 31.9. The van der Waals surface area contributed by atoms with E-state index < -0.39 is 29.6 Å². The quantitative estimate of drug-likeness (QED) is 0.378. The van der Waals surface area contributed by atoms with Crippen molar-refractivity contribution in [1.82, 2.24) is 5.32 Å². The Bertz CT molecular complexity index is 666. The summed E-state index contributed by atoms with van der Waals surface area (Å²) in [5.74, 6) is -2.16. The second-order valence-electron chi connectivity index (χ2n) is 6.39. The van der Waals surface area contributed by atoms with Gasteiger partial charge in [-0.1, -0.05) is 38.5 Å². The monoisotopic (exact) mass is 379 g/mol. The van der Waals surface area contributed by atoms with Gasteiger partial charge in [0.15, 0.2) is 0 Å². The Morgan fingerprint density at radius 2 is 1.85 bits per heavy atom. The van der Waals surface area contributed by atoms with Crippen molar-refractivity contribution >= 4 is 11.9 Å². The minimum Gasteiger partial charge on any atom is -0.460 e. The zero-order valence-corrected chi connectivity index (χ0v) is 16.0. The molecule has 0 aliphatic rings. The van der Waals surface area contributed by atoms with E-state index in [4.69, 9.17) is 4.74 Å². The Morgan fingerprint density at radius 3 is 2.44 bits per heavy atom. The van der Waals surface area contributed by atoms with Gasteiger partial charge >= 0.3 is 5.97 Å². The van der Waals surface area contributed by atoms with Gasteiger partial charge in [-0.2, -0.15) is 0 Å². The number of carbonyl (C=O) groups excluding carboxylic acids is 2. The number of allylic oxidation sites excluding steroid dienone is 2. The van der Waals surface area contributed by atoms with Gasteiger partial charge in [0.2, 0.25) is 5.91 Å². The first-order chi connectivity index (χ1) is 12.8. The highest BCUT2D eigenvalue weighted by atomic mass is 19.1. The van der Waals surface area contributed by atoms with Gasteiger partial charge in [-0.15, -0.1) is 0 Å². The van der Waals surface area contributed by atoms with Gasteiger partial charge in [0.05, 0.1) is 0 Å². The van der Waals surface area contributed by atoms with Gasteiger partial charge in [-0.3, -0.25) is 4.79 Å². The fraction of sp³-hybridized carbons (Fsp3) is 0.429. The van der Waals surface area contributed by atoms with E-state index in [1.54, 1.807) is 25.2 Å². The van der Waals surface area contributed by atoms with Crippen LogP contribution in [-0.2, 0) is 20.7 Å². The normalized spacial score (nSPS) is 13.7. The summed E-state index contributed by atoms with van der Waals surface area (Å²) in [6.07, 6.45) is 8.14. The highest BCUT2D eigenvalue weighted by Crippen LogP contribution is 2.11. The summed E-state index contributed by atoms with van der Waals surface area (Å²) >= 11 is 0. The number of esters is 1. The maximum Gasteiger partial charge on any atom is 0.329 e. The minimum absolute atomic E-state index is 0.0586.